The lowest BCUT2D eigenvalue weighted by Crippen LogP contribution is -2.13. The zero-order valence-corrected chi connectivity index (χ0v) is 11.3. The summed E-state index contributed by atoms with van der Waals surface area (Å²) in [7, 11) is 0. The van der Waals surface area contributed by atoms with Crippen molar-refractivity contribution in [2.75, 3.05) is 5.32 Å². The third-order valence-corrected chi connectivity index (χ3v) is 3.02. The van der Waals surface area contributed by atoms with Crippen LogP contribution < -0.4 is 11.1 Å². The van der Waals surface area contributed by atoms with Crippen molar-refractivity contribution in [2.45, 2.75) is 0 Å². The van der Waals surface area contributed by atoms with Crippen LogP contribution in [-0.4, -0.2) is 32.0 Å². The van der Waals surface area contributed by atoms with Crippen molar-refractivity contribution in [3.63, 3.8) is 0 Å². The number of primary amides is 1. The summed E-state index contributed by atoms with van der Waals surface area (Å²) in [4.78, 5) is 29.9. The van der Waals surface area contributed by atoms with Crippen LogP contribution in [0.1, 0.15) is 20.8 Å². The van der Waals surface area contributed by atoms with E-state index in [2.05, 4.69) is 25.5 Å². The standard InChI is InChI=1S/C14H12N6O2/c15-12(21)9-5-11(16-6-9)14(22)19-10-3-1-2-8(4-10)13-17-7-18-20-13/h1-7,16H,(H2,15,21)(H,19,22)(H,17,18,20). The molecule has 1 aromatic carbocycles. The summed E-state index contributed by atoms with van der Waals surface area (Å²) in [6.45, 7) is 0. The number of carbonyl (C=O) groups is 2. The van der Waals surface area contributed by atoms with Crippen molar-refractivity contribution in [1.82, 2.24) is 20.2 Å². The second kappa shape index (κ2) is 5.52. The molecule has 0 saturated carbocycles. The maximum atomic E-state index is 12.1. The normalized spacial score (nSPS) is 10.4. The molecule has 0 unspecified atom stereocenters. The van der Waals surface area contributed by atoms with Gasteiger partial charge in [-0.2, -0.15) is 5.10 Å². The Balaban J connectivity index is 1.79. The predicted octanol–water partition coefficient (Wildman–Crippen LogP) is 1.15. The van der Waals surface area contributed by atoms with Gasteiger partial charge in [0.15, 0.2) is 5.82 Å². The molecule has 2 aromatic heterocycles. The molecule has 2 amide bonds. The lowest BCUT2D eigenvalue weighted by atomic mass is 10.2. The molecule has 22 heavy (non-hydrogen) atoms. The first-order valence-electron chi connectivity index (χ1n) is 6.39. The lowest BCUT2D eigenvalue weighted by Gasteiger charge is -2.05. The van der Waals surface area contributed by atoms with Gasteiger partial charge in [0.05, 0.1) is 5.56 Å². The van der Waals surface area contributed by atoms with Crippen molar-refractivity contribution < 1.29 is 9.59 Å². The van der Waals surface area contributed by atoms with Gasteiger partial charge in [-0.05, 0) is 18.2 Å². The van der Waals surface area contributed by atoms with Crippen molar-refractivity contribution >= 4 is 17.5 Å². The molecular weight excluding hydrogens is 284 g/mol. The smallest absolute Gasteiger partial charge is 0.272 e. The molecule has 3 aromatic rings. The minimum Gasteiger partial charge on any atom is -0.366 e. The van der Waals surface area contributed by atoms with E-state index < -0.39 is 5.91 Å². The van der Waals surface area contributed by atoms with E-state index in [-0.39, 0.29) is 17.2 Å². The first kappa shape index (κ1) is 13.6. The molecule has 0 saturated heterocycles. The number of aromatic amines is 2. The topological polar surface area (TPSA) is 130 Å². The number of amides is 2. The zero-order chi connectivity index (χ0) is 15.5. The molecule has 8 nitrogen and oxygen atoms in total. The number of rotatable bonds is 4. The molecule has 0 aliphatic rings. The van der Waals surface area contributed by atoms with Crippen LogP contribution >= 0.6 is 0 Å². The van der Waals surface area contributed by atoms with Crippen LogP contribution in [0.15, 0.2) is 42.9 Å². The van der Waals surface area contributed by atoms with Crippen LogP contribution in [0.25, 0.3) is 11.4 Å². The van der Waals surface area contributed by atoms with Gasteiger partial charge in [-0.1, -0.05) is 12.1 Å². The Morgan fingerprint density at radius 1 is 1.23 bits per heavy atom. The molecule has 0 aliphatic carbocycles. The maximum absolute atomic E-state index is 12.1. The minimum atomic E-state index is -0.595. The van der Waals surface area contributed by atoms with E-state index in [1.807, 2.05) is 6.07 Å². The number of nitrogens with zero attached hydrogens (tertiary/aromatic N) is 2. The molecular formula is C14H12N6O2. The minimum absolute atomic E-state index is 0.249. The summed E-state index contributed by atoms with van der Waals surface area (Å²) in [5.41, 5.74) is 7.03. The number of nitrogens with one attached hydrogen (secondary N) is 3. The predicted molar refractivity (Wildman–Crippen MR) is 79.1 cm³/mol. The zero-order valence-electron chi connectivity index (χ0n) is 11.3. The average molecular weight is 296 g/mol. The molecule has 110 valence electrons. The van der Waals surface area contributed by atoms with Gasteiger partial charge in [-0.15, -0.1) is 0 Å². The highest BCUT2D eigenvalue weighted by Gasteiger charge is 2.12. The van der Waals surface area contributed by atoms with Gasteiger partial charge in [-0.3, -0.25) is 14.7 Å². The average Bonchev–Trinajstić information content (AvgIpc) is 3.19. The number of benzene rings is 1. The summed E-state index contributed by atoms with van der Waals surface area (Å²) in [6.07, 6.45) is 2.80. The van der Waals surface area contributed by atoms with E-state index in [0.29, 0.717) is 11.5 Å². The van der Waals surface area contributed by atoms with Gasteiger partial charge < -0.3 is 16.0 Å². The van der Waals surface area contributed by atoms with E-state index >= 15 is 0 Å². The fourth-order valence-electron chi connectivity index (χ4n) is 1.95. The van der Waals surface area contributed by atoms with Gasteiger partial charge in [0, 0.05) is 17.4 Å². The first-order chi connectivity index (χ1) is 10.6. The third-order valence-electron chi connectivity index (χ3n) is 3.02. The van der Waals surface area contributed by atoms with E-state index in [9.17, 15) is 9.59 Å². The molecule has 0 bridgehead atoms. The third kappa shape index (κ3) is 2.70. The number of nitrogens with two attached hydrogens (primary N) is 1. The van der Waals surface area contributed by atoms with E-state index in [1.165, 1.54) is 18.6 Å². The number of aromatic nitrogens is 4. The van der Waals surface area contributed by atoms with Crippen molar-refractivity contribution in [1.29, 1.82) is 0 Å². The van der Waals surface area contributed by atoms with Gasteiger partial charge in [0.25, 0.3) is 5.91 Å². The summed E-state index contributed by atoms with van der Waals surface area (Å²) >= 11 is 0. The molecule has 2 heterocycles. The Kier molecular flexibility index (Phi) is 3.40. The second-order valence-electron chi connectivity index (χ2n) is 4.54. The Hall–Kier alpha value is -3.42. The quantitative estimate of drug-likeness (QED) is 0.575. The molecule has 0 aliphatic heterocycles. The maximum Gasteiger partial charge on any atom is 0.272 e. The molecule has 3 rings (SSSR count). The number of anilines is 1. The van der Waals surface area contributed by atoms with Crippen molar-refractivity contribution in [2.24, 2.45) is 5.73 Å². The molecule has 0 fully saturated rings. The fourth-order valence-corrected chi connectivity index (χ4v) is 1.95. The van der Waals surface area contributed by atoms with Gasteiger partial charge >= 0.3 is 0 Å². The summed E-state index contributed by atoms with van der Waals surface area (Å²) in [6, 6.07) is 8.54. The summed E-state index contributed by atoms with van der Waals surface area (Å²) < 4.78 is 0. The van der Waals surface area contributed by atoms with Crippen LogP contribution in [0.5, 0.6) is 0 Å². The molecule has 5 N–H and O–H groups in total. The Morgan fingerprint density at radius 3 is 2.77 bits per heavy atom. The van der Waals surface area contributed by atoms with E-state index in [1.54, 1.807) is 18.2 Å². The monoisotopic (exact) mass is 296 g/mol. The summed E-state index contributed by atoms with van der Waals surface area (Å²) in [5.74, 6) is -0.364. The molecule has 8 heteroatoms. The number of hydrogen-bond donors (Lipinski definition) is 4. The van der Waals surface area contributed by atoms with Crippen LogP contribution in [0.2, 0.25) is 0 Å². The van der Waals surface area contributed by atoms with Gasteiger partial charge in [0.1, 0.15) is 12.0 Å². The van der Waals surface area contributed by atoms with E-state index in [4.69, 9.17) is 5.73 Å². The highest BCUT2D eigenvalue weighted by molar-refractivity contribution is 6.05. The van der Waals surface area contributed by atoms with Crippen LogP contribution in [0.4, 0.5) is 5.69 Å². The highest BCUT2D eigenvalue weighted by atomic mass is 16.2. The SMILES string of the molecule is NC(=O)c1c[nH]c(C(=O)Nc2cccc(-c3ncn[nH]3)c2)c1. The summed E-state index contributed by atoms with van der Waals surface area (Å²) in [5, 5.41) is 9.26. The fraction of sp³-hybridized carbons (Fsp3) is 0. The number of carbonyl (C=O) groups excluding carboxylic acids is 2. The van der Waals surface area contributed by atoms with Crippen LogP contribution in [0.3, 0.4) is 0 Å². The lowest BCUT2D eigenvalue weighted by molar-refractivity contribution is 0.0999. The largest absolute Gasteiger partial charge is 0.366 e. The molecule has 0 atom stereocenters. The highest BCUT2D eigenvalue weighted by Crippen LogP contribution is 2.19. The molecule has 0 radical (unpaired) electrons. The number of hydrogen-bond acceptors (Lipinski definition) is 4. The van der Waals surface area contributed by atoms with Gasteiger partial charge in [-0.25, -0.2) is 4.98 Å². The Bertz CT molecular complexity index is 821. The van der Waals surface area contributed by atoms with Crippen molar-refractivity contribution in [3.8, 4) is 11.4 Å². The Morgan fingerprint density at radius 2 is 2.09 bits per heavy atom. The first-order valence-corrected chi connectivity index (χ1v) is 6.39. The van der Waals surface area contributed by atoms with E-state index in [0.717, 1.165) is 5.56 Å². The van der Waals surface area contributed by atoms with Gasteiger partial charge in [0.2, 0.25) is 5.91 Å². The van der Waals surface area contributed by atoms with Crippen molar-refractivity contribution in [3.05, 3.63) is 54.1 Å². The van der Waals surface area contributed by atoms with Crippen LogP contribution in [0, 0.1) is 0 Å². The number of H-pyrrole nitrogens is 2. The second-order valence-corrected chi connectivity index (χ2v) is 4.54. The Labute approximate surface area is 124 Å². The molecule has 0 spiro atoms. The van der Waals surface area contributed by atoms with Crippen LogP contribution in [-0.2, 0) is 0 Å².